The van der Waals surface area contributed by atoms with Gasteiger partial charge in [-0.3, -0.25) is 0 Å². The largest absolute Gasteiger partial charge is 0.207 e. The molecular formula is C14H13F. The van der Waals surface area contributed by atoms with Crippen LogP contribution in [-0.2, 0) is 6.42 Å². The van der Waals surface area contributed by atoms with Crippen molar-refractivity contribution in [3.63, 3.8) is 0 Å². The molecule has 0 amide bonds. The Balaban J connectivity index is 2.43. The number of halogens is 1. The van der Waals surface area contributed by atoms with E-state index in [1.165, 1.54) is 0 Å². The van der Waals surface area contributed by atoms with E-state index in [1.54, 1.807) is 6.07 Å². The van der Waals surface area contributed by atoms with Crippen LogP contribution >= 0.6 is 0 Å². The van der Waals surface area contributed by atoms with Crippen molar-refractivity contribution in [1.82, 2.24) is 0 Å². The number of hydrogen-bond donors (Lipinski definition) is 0. The number of rotatable bonds is 2. The third kappa shape index (κ3) is 2.07. The first kappa shape index (κ1) is 9.91. The SMILES string of the molecule is CCc1ccc(-c2ccccc2)cc1F. The van der Waals surface area contributed by atoms with E-state index in [-0.39, 0.29) is 5.82 Å². The van der Waals surface area contributed by atoms with Crippen molar-refractivity contribution in [3.8, 4) is 11.1 Å². The summed E-state index contributed by atoms with van der Waals surface area (Å²) in [6, 6.07) is 15.3. The summed E-state index contributed by atoms with van der Waals surface area (Å²) in [6.45, 7) is 1.96. The van der Waals surface area contributed by atoms with E-state index in [4.69, 9.17) is 0 Å². The molecule has 0 spiro atoms. The van der Waals surface area contributed by atoms with Gasteiger partial charge in [0.1, 0.15) is 5.82 Å². The molecule has 0 N–H and O–H groups in total. The molecular weight excluding hydrogens is 187 g/mol. The molecule has 76 valence electrons. The molecule has 0 heterocycles. The van der Waals surface area contributed by atoms with Crippen LogP contribution in [0, 0.1) is 5.82 Å². The van der Waals surface area contributed by atoms with Crippen molar-refractivity contribution in [3.05, 3.63) is 59.9 Å². The van der Waals surface area contributed by atoms with Gasteiger partial charge in [0.25, 0.3) is 0 Å². The fourth-order valence-corrected chi connectivity index (χ4v) is 1.64. The zero-order valence-electron chi connectivity index (χ0n) is 8.70. The number of benzene rings is 2. The van der Waals surface area contributed by atoms with Crippen LogP contribution in [0.25, 0.3) is 11.1 Å². The molecule has 0 unspecified atom stereocenters. The van der Waals surface area contributed by atoms with E-state index in [2.05, 4.69) is 0 Å². The molecule has 15 heavy (non-hydrogen) atoms. The Bertz CT molecular complexity index is 446. The van der Waals surface area contributed by atoms with E-state index in [1.807, 2.05) is 49.4 Å². The minimum absolute atomic E-state index is 0.112. The summed E-state index contributed by atoms with van der Waals surface area (Å²) in [6.07, 6.45) is 0.737. The zero-order valence-corrected chi connectivity index (χ0v) is 8.70. The molecule has 0 aromatic heterocycles. The van der Waals surface area contributed by atoms with Gasteiger partial charge in [0.2, 0.25) is 0 Å². The molecule has 2 aromatic carbocycles. The average Bonchev–Trinajstić information content (AvgIpc) is 2.30. The molecule has 0 atom stereocenters. The minimum Gasteiger partial charge on any atom is -0.207 e. The third-order valence-electron chi connectivity index (χ3n) is 2.54. The normalized spacial score (nSPS) is 10.3. The molecule has 0 saturated heterocycles. The predicted octanol–water partition coefficient (Wildman–Crippen LogP) is 4.06. The highest BCUT2D eigenvalue weighted by Gasteiger charge is 2.02. The van der Waals surface area contributed by atoms with E-state index in [0.717, 1.165) is 23.1 Å². The van der Waals surface area contributed by atoms with Gasteiger partial charge in [-0.15, -0.1) is 0 Å². The average molecular weight is 200 g/mol. The first-order valence-electron chi connectivity index (χ1n) is 5.15. The number of aryl methyl sites for hydroxylation is 1. The summed E-state index contributed by atoms with van der Waals surface area (Å²) in [5.41, 5.74) is 2.76. The monoisotopic (exact) mass is 200 g/mol. The lowest BCUT2D eigenvalue weighted by Crippen LogP contribution is -1.88. The van der Waals surface area contributed by atoms with Crippen LogP contribution in [0.4, 0.5) is 4.39 Å². The van der Waals surface area contributed by atoms with Crippen molar-refractivity contribution >= 4 is 0 Å². The van der Waals surface area contributed by atoms with Gasteiger partial charge in [0.05, 0.1) is 0 Å². The smallest absolute Gasteiger partial charge is 0.127 e. The minimum atomic E-state index is -0.112. The van der Waals surface area contributed by atoms with Gasteiger partial charge in [0.15, 0.2) is 0 Å². The summed E-state index contributed by atoms with van der Waals surface area (Å²) in [7, 11) is 0. The Hall–Kier alpha value is -1.63. The lowest BCUT2D eigenvalue weighted by atomic mass is 10.0. The van der Waals surface area contributed by atoms with Gasteiger partial charge in [0, 0.05) is 0 Å². The van der Waals surface area contributed by atoms with Gasteiger partial charge >= 0.3 is 0 Å². The van der Waals surface area contributed by atoms with Gasteiger partial charge in [-0.2, -0.15) is 0 Å². The van der Waals surface area contributed by atoms with Crippen LogP contribution in [-0.4, -0.2) is 0 Å². The first-order valence-corrected chi connectivity index (χ1v) is 5.15. The Labute approximate surface area is 89.4 Å². The fourth-order valence-electron chi connectivity index (χ4n) is 1.64. The summed E-state index contributed by atoms with van der Waals surface area (Å²) in [4.78, 5) is 0. The number of hydrogen-bond acceptors (Lipinski definition) is 0. The van der Waals surface area contributed by atoms with Crippen molar-refractivity contribution < 1.29 is 4.39 Å². The van der Waals surface area contributed by atoms with Gasteiger partial charge < -0.3 is 0 Å². The summed E-state index contributed by atoms with van der Waals surface area (Å²) in [5.74, 6) is -0.112. The molecule has 2 rings (SSSR count). The summed E-state index contributed by atoms with van der Waals surface area (Å²) in [5, 5.41) is 0. The van der Waals surface area contributed by atoms with E-state index < -0.39 is 0 Å². The van der Waals surface area contributed by atoms with E-state index in [0.29, 0.717) is 0 Å². The molecule has 0 aliphatic rings. The summed E-state index contributed by atoms with van der Waals surface area (Å²) < 4.78 is 13.5. The second-order valence-corrected chi connectivity index (χ2v) is 3.53. The first-order chi connectivity index (χ1) is 7.31. The molecule has 2 aromatic rings. The van der Waals surface area contributed by atoms with Gasteiger partial charge in [-0.25, -0.2) is 4.39 Å². The van der Waals surface area contributed by atoms with Gasteiger partial charge in [-0.05, 0) is 29.2 Å². The highest BCUT2D eigenvalue weighted by molar-refractivity contribution is 5.63. The Morgan fingerprint density at radius 1 is 0.933 bits per heavy atom. The van der Waals surface area contributed by atoms with Crippen LogP contribution in [0.15, 0.2) is 48.5 Å². The molecule has 0 aliphatic heterocycles. The quantitative estimate of drug-likeness (QED) is 0.686. The summed E-state index contributed by atoms with van der Waals surface area (Å²) >= 11 is 0. The molecule has 0 saturated carbocycles. The predicted molar refractivity (Wildman–Crippen MR) is 61.2 cm³/mol. The maximum Gasteiger partial charge on any atom is 0.127 e. The molecule has 1 heteroatoms. The maximum atomic E-state index is 13.5. The van der Waals surface area contributed by atoms with Gasteiger partial charge in [-0.1, -0.05) is 49.4 Å². The van der Waals surface area contributed by atoms with Crippen molar-refractivity contribution in [2.45, 2.75) is 13.3 Å². The van der Waals surface area contributed by atoms with Crippen molar-refractivity contribution in [2.75, 3.05) is 0 Å². The zero-order chi connectivity index (χ0) is 10.7. The Kier molecular flexibility index (Phi) is 2.82. The lowest BCUT2D eigenvalue weighted by molar-refractivity contribution is 0.613. The second kappa shape index (κ2) is 4.26. The van der Waals surface area contributed by atoms with Crippen LogP contribution in [0.1, 0.15) is 12.5 Å². The van der Waals surface area contributed by atoms with E-state index >= 15 is 0 Å². The Morgan fingerprint density at radius 2 is 1.67 bits per heavy atom. The van der Waals surface area contributed by atoms with E-state index in [9.17, 15) is 4.39 Å². The van der Waals surface area contributed by atoms with Crippen LogP contribution in [0.5, 0.6) is 0 Å². The van der Waals surface area contributed by atoms with Crippen LogP contribution < -0.4 is 0 Å². The lowest BCUT2D eigenvalue weighted by Gasteiger charge is -2.04. The second-order valence-electron chi connectivity index (χ2n) is 3.53. The van der Waals surface area contributed by atoms with Crippen molar-refractivity contribution in [2.24, 2.45) is 0 Å². The van der Waals surface area contributed by atoms with Crippen LogP contribution in [0.2, 0.25) is 0 Å². The fraction of sp³-hybridized carbons (Fsp3) is 0.143. The molecule has 0 fully saturated rings. The maximum absolute atomic E-state index is 13.5. The molecule has 0 aliphatic carbocycles. The topological polar surface area (TPSA) is 0 Å². The molecule has 0 nitrogen and oxygen atoms in total. The molecule has 0 radical (unpaired) electrons. The molecule has 0 bridgehead atoms. The standard InChI is InChI=1S/C14H13F/c1-2-11-8-9-13(10-14(11)15)12-6-4-3-5-7-12/h3-10H,2H2,1H3. The highest BCUT2D eigenvalue weighted by Crippen LogP contribution is 2.21. The van der Waals surface area contributed by atoms with Crippen LogP contribution in [0.3, 0.4) is 0 Å². The highest BCUT2D eigenvalue weighted by atomic mass is 19.1. The Morgan fingerprint density at radius 3 is 2.27 bits per heavy atom. The van der Waals surface area contributed by atoms with Crippen molar-refractivity contribution in [1.29, 1.82) is 0 Å². The third-order valence-corrected chi connectivity index (χ3v) is 2.54.